The van der Waals surface area contributed by atoms with Crippen LogP contribution in [0.25, 0.3) is 0 Å². The van der Waals surface area contributed by atoms with Gasteiger partial charge in [-0.2, -0.15) is 0 Å². The van der Waals surface area contributed by atoms with E-state index in [9.17, 15) is 14.0 Å². The van der Waals surface area contributed by atoms with Crippen molar-refractivity contribution >= 4 is 17.6 Å². The molecular formula is C22H18FNO4. The summed E-state index contributed by atoms with van der Waals surface area (Å²) in [6.07, 6.45) is 0. The first kappa shape index (κ1) is 19.1. The number of hydrogen-bond acceptors (Lipinski definition) is 4. The summed E-state index contributed by atoms with van der Waals surface area (Å²) in [6.45, 7) is -0.251. The molecule has 3 aromatic carbocycles. The fourth-order valence-corrected chi connectivity index (χ4v) is 2.45. The summed E-state index contributed by atoms with van der Waals surface area (Å²) >= 11 is 0. The van der Waals surface area contributed by atoms with Crippen LogP contribution in [0.2, 0.25) is 0 Å². The summed E-state index contributed by atoms with van der Waals surface area (Å²) in [7, 11) is 0. The summed E-state index contributed by atoms with van der Waals surface area (Å²) in [6, 6.07) is 21.9. The van der Waals surface area contributed by atoms with E-state index in [1.807, 2.05) is 30.3 Å². The number of halogens is 1. The first-order chi connectivity index (χ1) is 13.6. The lowest BCUT2D eigenvalue weighted by molar-refractivity contribution is -0.119. The lowest BCUT2D eigenvalue weighted by Gasteiger charge is -2.11. The molecule has 1 amide bonds. The second-order valence-corrected chi connectivity index (χ2v) is 5.87. The fourth-order valence-electron chi connectivity index (χ4n) is 2.45. The Kier molecular flexibility index (Phi) is 6.36. The number of carbonyl (C=O) groups excluding carboxylic acids is 2. The van der Waals surface area contributed by atoms with Crippen molar-refractivity contribution in [2.24, 2.45) is 0 Å². The summed E-state index contributed by atoms with van der Waals surface area (Å²) in [5.41, 5.74) is 1.18. The number of para-hydroxylation sites is 2. The van der Waals surface area contributed by atoms with Crippen molar-refractivity contribution in [3.05, 3.63) is 95.8 Å². The number of benzene rings is 3. The van der Waals surface area contributed by atoms with Crippen molar-refractivity contribution in [1.29, 1.82) is 0 Å². The minimum Gasteiger partial charge on any atom is -0.488 e. The molecule has 0 aliphatic rings. The minimum atomic E-state index is -0.702. The van der Waals surface area contributed by atoms with Crippen molar-refractivity contribution in [2.45, 2.75) is 6.61 Å². The Morgan fingerprint density at radius 3 is 2.32 bits per heavy atom. The number of nitrogens with one attached hydrogen (secondary N) is 1. The highest BCUT2D eigenvalue weighted by Gasteiger charge is 2.16. The minimum absolute atomic E-state index is 0.0233. The molecule has 0 aliphatic heterocycles. The third kappa shape index (κ3) is 5.17. The van der Waals surface area contributed by atoms with E-state index in [0.717, 1.165) is 5.56 Å². The van der Waals surface area contributed by atoms with E-state index >= 15 is 0 Å². The number of carbonyl (C=O) groups is 2. The van der Waals surface area contributed by atoms with E-state index < -0.39 is 24.3 Å². The van der Waals surface area contributed by atoms with Gasteiger partial charge in [0.25, 0.3) is 5.91 Å². The average Bonchev–Trinajstić information content (AvgIpc) is 2.73. The second-order valence-electron chi connectivity index (χ2n) is 5.87. The lowest BCUT2D eigenvalue weighted by Crippen LogP contribution is -2.21. The summed E-state index contributed by atoms with van der Waals surface area (Å²) in [5, 5.41) is 2.36. The molecule has 1 N–H and O–H groups in total. The maximum atomic E-state index is 13.6. The molecular weight excluding hydrogens is 361 g/mol. The molecule has 142 valence electrons. The number of rotatable bonds is 7. The van der Waals surface area contributed by atoms with E-state index in [1.165, 1.54) is 18.2 Å². The maximum Gasteiger partial charge on any atom is 0.342 e. The predicted octanol–water partition coefficient (Wildman–Crippen LogP) is 4.20. The van der Waals surface area contributed by atoms with Crippen LogP contribution < -0.4 is 10.1 Å². The molecule has 0 saturated heterocycles. The molecule has 5 nitrogen and oxygen atoms in total. The zero-order chi connectivity index (χ0) is 19.8. The van der Waals surface area contributed by atoms with Gasteiger partial charge in [0.1, 0.15) is 23.7 Å². The average molecular weight is 379 g/mol. The number of ether oxygens (including phenoxy) is 2. The highest BCUT2D eigenvalue weighted by molar-refractivity contribution is 5.96. The molecule has 0 fully saturated rings. The van der Waals surface area contributed by atoms with Gasteiger partial charge in [-0.3, -0.25) is 4.79 Å². The Morgan fingerprint density at radius 1 is 0.857 bits per heavy atom. The van der Waals surface area contributed by atoms with Gasteiger partial charge in [0.15, 0.2) is 6.61 Å². The van der Waals surface area contributed by atoms with Gasteiger partial charge in [0.2, 0.25) is 0 Å². The van der Waals surface area contributed by atoms with Crippen LogP contribution in [-0.4, -0.2) is 18.5 Å². The van der Waals surface area contributed by atoms with Crippen LogP contribution in [0.4, 0.5) is 10.1 Å². The summed E-state index contributed by atoms with van der Waals surface area (Å²) in [4.78, 5) is 24.3. The molecule has 28 heavy (non-hydrogen) atoms. The van der Waals surface area contributed by atoms with Gasteiger partial charge in [0.05, 0.1) is 5.69 Å². The van der Waals surface area contributed by atoms with Crippen LogP contribution in [0, 0.1) is 5.82 Å². The fraction of sp³-hybridized carbons (Fsp3) is 0.0909. The molecule has 0 bridgehead atoms. The quantitative estimate of drug-likeness (QED) is 0.625. The van der Waals surface area contributed by atoms with E-state index in [0.29, 0.717) is 12.4 Å². The Hall–Kier alpha value is -3.67. The molecule has 0 radical (unpaired) electrons. The highest BCUT2D eigenvalue weighted by Crippen LogP contribution is 2.20. The number of esters is 1. The van der Waals surface area contributed by atoms with Crippen molar-refractivity contribution in [3.63, 3.8) is 0 Å². The van der Waals surface area contributed by atoms with Gasteiger partial charge in [-0.15, -0.1) is 0 Å². The Balaban J connectivity index is 1.58. The largest absolute Gasteiger partial charge is 0.488 e. The van der Waals surface area contributed by atoms with Crippen LogP contribution in [-0.2, 0) is 16.1 Å². The zero-order valence-electron chi connectivity index (χ0n) is 14.9. The monoisotopic (exact) mass is 379 g/mol. The number of anilines is 1. The topological polar surface area (TPSA) is 64.6 Å². The summed E-state index contributed by atoms with van der Waals surface area (Å²) < 4.78 is 24.3. The molecule has 0 saturated carbocycles. The normalized spacial score (nSPS) is 10.2. The smallest absolute Gasteiger partial charge is 0.342 e. The standard InChI is InChI=1S/C22H18FNO4/c23-18-11-5-6-12-19(18)24-21(25)15-28-22(26)17-10-4-7-13-20(17)27-14-16-8-2-1-3-9-16/h1-13H,14-15H2,(H,24,25). The summed E-state index contributed by atoms with van der Waals surface area (Å²) in [5.74, 6) is -1.55. The van der Waals surface area contributed by atoms with Crippen molar-refractivity contribution < 1.29 is 23.5 Å². The Bertz CT molecular complexity index is 960. The van der Waals surface area contributed by atoms with E-state index in [2.05, 4.69) is 5.32 Å². The molecule has 0 atom stereocenters. The molecule has 3 aromatic rings. The highest BCUT2D eigenvalue weighted by atomic mass is 19.1. The third-order valence-corrected chi connectivity index (χ3v) is 3.83. The second kappa shape index (κ2) is 9.32. The van der Waals surface area contributed by atoms with E-state index in [4.69, 9.17) is 9.47 Å². The van der Waals surface area contributed by atoms with Crippen LogP contribution >= 0.6 is 0 Å². The van der Waals surface area contributed by atoms with E-state index in [-0.39, 0.29) is 11.3 Å². The van der Waals surface area contributed by atoms with Crippen molar-refractivity contribution in [1.82, 2.24) is 0 Å². The van der Waals surface area contributed by atoms with Gasteiger partial charge in [-0.05, 0) is 29.8 Å². The van der Waals surface area contributed by atoms with Gasteiger partial charge in [0, 0.05) is 0 Å². The Morgan fingerprint density at radius 2 is 1.54 bits per heavy atom. The van der Waals surface area contributed by atoms with Crippen LogP contribution in [0.5, 0.6) is 5.75 Å². The van der Waals surface area contributed by atoms with Gasteiger partial charge in [-0.25, -0.2) is 9.18 Å². The van der Waals surface area contributed by atoms with Crippen LogP contribution in [0.1, 0.15) is 15.9 Å². The molecule has 6 heteroatoms. The molecule has 0 heterocycles. The van der Waals surface area contributed by atoms with Crippen LogP contribution in [0.3, 0.4) is 0 Å². The number of amides is 1. The zero-order valence-corrected chi connectivity index (χ0v) is 14.9. The predicted molar refractivity (Wildman–Crippen MR) is 103 cm³/mol. The first-order valence-corrected chi connectivity index (χ1v) is 8.61. The first-order valence-electron chi connectivity index (χ1n) is 8.61. The van der Waals surface area contributed by atoms with Crippen molar-refractivity contribution in [2.75, 3.05) is 11.9 Å². The lowest BCUT2D eigenvalue weighted by atomic mass is 10.2. The molecule has 0 aromatic heterocycles. The molecule has 0 aliphatic carbocycles. The van der Waals surface area contributed by atoms with Gasteiger partial charge >= 0.3 is 5.97 Å². The van der Waals surface area contributed by atoms with Gasteiger partial charge < -0.3 is 14.8 Å². The Labute approximate surface area is 161 Å². The maximum absolute atomic E-state index is 13.6. The molecule has 0 spiro atoms. The van der Waals surface area contributed by atoms with Crippen LogP contribution in [0.15, 0.2) is 78.9 Å². The van der Waals surface area contributed by atoms with E-state index in [1.54, 1.807) is 30.3 Å². The third-order valence-electron chi connectivity index (χ3n) is 3.83. The molecule has 3 rings (SSSR count). The van der Waals surface area contributed by atoms with Crippen molar-refractivity contribution in [3.8, 4) is 5.75 Å². The number of hydrogen-bond donors (Lipinski definition) is 1. The molecule has 0 unspecified atom stereocenters. The van der Waals surface area contributed by atoms with Gasteiger partial charge in [-0.1, -0.05) is 54.6 Å². The SMILES string of the molecule is O=C(COC(=O)c1ccccc1OCc1ccccc1)Nc1ccccc1F.